The molecule has 0 amide bonds. The lowest BCUT2D eigenvalue weighted by molar-refractivity contribution is -0.193. The van der Waals surface area contributed by atoms with E-state index in [1.807, 2.05) is 38.1 Å². The number of carbonyl (C=O) groups excluding carboxylic acids is 1. The van der Waals surface area contributed by atoms with Crippen LogP contribution in [0.4, 0.5) is 0 Å². The lowest BCUT2D eigenvalue weighted by Crippen LogP contribution is -2.53. The van der Waals surface area contributed by atoms with Gasteiger partial charge in [-0.1, -0.05) is 39.0 Å². The van der Waals surface area contributed by atoms with Crippen molar-refractivity contribution in [3.63, 3.8) is 0 Å². The Balaban J connectivity index is 1.85. The highest BCUT2D eigenvalue weighted by molar-refractivity contribution is 5.87. The van der Waals surface area contributed by atoms with Gasteiger partial charge in [0.15, 0.2) is 5.60 Å². The molecule has 0 spiro atoms. The molecule has 0 bridgehead atoms. The van der Waals surface area contributed by atoms with Gasteiger partial charge in [-0.15, -0.1) is 0 Å². The fraction of sp³-hybridized carbons (Fsp3) is 0.375. The van der Waals surface area contributed by atoms with Crippen LogP contribution in [-0.4, -0.2) is 20.6 Å². The number of para-hydroxylation sites is 1. The first kappa shape index (κ1) is 19.0. The van der Waals surface area contributed by atoms with E-state index in [4.69, 9.17) is 9.72 Å². The molecular weight excluding hydrogens is 380 g/mol. The molecule has 0 fully saturated rings. The van der Waals surface area contributed by atoms with Crippen LogP contribution in [0.1, 0.15) is 56.7 Å². The molecular formula is C24H24N2O4. The number of aliphatic hydroxyl groups is 1. The highest BCUT2D eigenvalue weighted by Gasteiger charge is 2.54. The Kier molecular flexibility index (Phi) is 3.96. The molecule has 6 heteroatoms. The van der Waals surface area contributed by atoms with Gasteiger partial charge in [0.2, 0.25) is 0 Å². The van der Waals surface area contributed by atoms with Gasteiger partial charge >= 0.3 is 5.97 Å². The van der Waals surface area contributed by atoms with Gasteiger partial charge < -0.3 is 14.4 Å². The van der Waals surface area contributed by atoms with E-state index < -0.39 is 17.2 Å². The van der Waals surface area contributed by atoms with Crippen molar-refractivity contribution in [2.24, 2.45) is 0 Å². The molecule has 154 valence electrons. The zero-order chi connectivity index (χ0) is 21.3. The summed E-state index contributed by atoms with van der Waals surface area (Å²) in [5.74, 6) is -0.685. The molecule has 4 heterocycles. The number of cyclic esters (lactones) is 1. The molecule has 0 saturated heterocycles. The first-order valence-corrected chi connectivity index (χ1v) is 10.5. The predicted octanol–water partition coefficient (Wildman–Crippen LogP) is 3.59. The number of rotatable bonds is 3. The Labute approximate surface area is 174 Å². The van der Waals surface area contributed by atoms with Gasteiger partial charge in [0.25, 0.3) is 5.56 Å². The summed E-state index contributed by atoms with van der Waals surface area (Å²) in [4.78, 5) is 31.4. The van der Waals surface area contributed by atoms with Gasteiger partial charge in [-0.3, -0.25) is 4.79 Å². The highest BCUT2D eigenvalue weighted by Crippen LogP contribution is 2.46. The average molecular weight is 404 g/mol. The zero-order valence-corrected chi connectivity index (χ0v) is 17.4. The third kappa shape index (κ3) is 2.25. The molecule has 3 aromatic rings. The zero-order valence-electron chi connectivity index (χ0n) is 17.4. The van der Waals surface area contributed by atoms with Crippen LogP contribution < -0.4 is 5.56 Å². The predicted molar refractivity (Wildman–Crippen MR) is 113 cm³/mol. The Morgan fingerprint density at radius 3 is 2.53 bits per heavy atom. The average Bonchev–Trinajstić information content (AvgIpc) is 3.12. The molecule has 2 aliphatic heterocycles. The molecule has 0 saturated carbocycles. The summed E-state index contributed by atoms with van der Waals surface area (Å²) < 4.78 is 7.47. The lowest BCUT2D eigenvalue weighted by atomic mass is 9.76. The normalized spacial score (nSPS) is 21.1. The topological polar surface area (TPSA) is 81.4 Å². The first-order valence-electron chi connectivity index (χ1n) is 10.5. The van der Waals surface area contributed by atoms with Crippen molar-refractivity contribution in [1.29, 1.82) is 0 Å². The van der Waals surface area contributed by atoms with Crippen molar-refractivity contribution in [1.82, 2.24) is 9.55 Å². The third-order valence-electron chi connectivity index (χ3n) is 6.86. The SMILES string of the molecule is CCC1(CC)OC(=O)[C@](O)(CC)c2cc3n(c(=O)c21)Cc1cc2ccccc2nc1-3. The van der Waals surface area contributed by atoms with E-state index in [-0.39, 0.29) is 12.0 Å². The molecule has 2 aromatic heterocycles. The molecule has 5 rings (SSSR count). The van der Waals surface area contributed by atoms with Crippen LogP contribution in [0.5, 0.6) is 0 Å². The van der Waals surface area contributed by atoms with E-state index in [1.165, 1.54) is 0 Å². The Morgan fingerprint density at radius 2 is 1.83 bits per heavy atom. The minimum Gasteiger partial charge on any atom is -0.452 e. The summed E-state index contributed by atoms with van der Waals surface area (Å²) in [5, 5.41) is 12.3. The first-order chi connectivity index (χ1) is 14.4. The van der Waals surface area contributed by atoms with E-state index in [2.05, 4.69) is 6.07 Å². The molecule has 30 heavy (non-hydrogen) atoms. The molecule has 0 radical (unpaired) electrons. The molecule has 1 atom stereocenters. The summed E-state index contributed by atoms with van der Waals surface area (Å²) in [6.07, 6.45) is 1.06. The van der Waals surface area contributed by atoms with Gasteiger partial charge in [0.05, 0.1) is 29.0 Å². The number of hydrogen-bond acceptors (Lipinski definition) is 5. The number of esters is 1. The highest BCUT2D eigenvalue weighted by atomic mass is 16.6. The van der Waals surface area contributed by atoms with Crippen LogP contribution in [0, 0.1) is 0 Å². The van der Waals surface area contributed by atoms with Gasteiger partial charge in [0, 0.05) is 16.5 Å². The van der Waals surface area contributed by atoms with Crippen LogP contribution in [0.15, 0.2) is 41.2 Å². The smallest absolute Gasteiger partial charge is 0.343 e. The Bertz CT molecular complexity index is 1270. The maximum atomic E-state index is 13.7. The lowest BCUT2D eigenvalue weighted by Gasteiger charge is -2.43. The monoisotopic (exact) mass is 404 g/mol. The number of carbonyl (C=O) groups is 1. The van der Waals surface area contributed by atoms with E-state index in [9.17, 15) is 14.7 Å². The Morgan fingerprint density at radius 1 is 1.10 bits per heavy atom. The molecule has 0 aliphatic carbocycles. The third-order valence-corrected chi connectivity index (χ3v) is 6.86. The van der Waals surface area contributed by atoms with Crippen molar-refractivity contribution < 1.29 is 14.6 Å². The minimum atomic E-state index is -1.84. The van der Waals surface area contributed by atoms with Crippen LogP contribution >= 0.6 is 0 Å². The van der Waals surface area contributed by atoms with Crippen molar-refractivity contribution >= 4 is 16.9 Å². The number of hydrogen-bond donors (Lipinski definition) is 1. The van der Waals surface area contributed by atoms with Crippen LogP contribution in [0.2, 0.25) is 0 Å². The molecule has 0 unspecified atom stereocenters. The summed E-state index contributed by atoms with van der Waals surface area (Å²) in [6, 6.07) is 11.7. The quantitative estimate of drug-likeness (QED) is 0.528. The van der Waals surface area contributed by atoms with Crippen molar-refractivity contribution in [2.45, 2.75) is 57.8 Å². The number of benzene rings is 1. The fourth-order valence-electron chi connectivity index (χ4n) is 4.94. The molecule has 1 N–H and O–H groups in total. The molecule has 6 nitrogen and oxygen atoms in total. The van der Waals surface area contributed by atoms with Gasteiger partial charge in [-0.05, 0) is 37.5 Å². The van der Waals surface area contributed by atoms with Gasteiger partial charge in [0.1, 0.15) is 5.60 Å². The number of pyridine rings is 2. The van der Waals surface area contributed by atoms with Gasteiger partial charge in [-0.2, -0.15) is 0 Å². The van der Waals surface area contributed by atoms with Crippen molar-refractivity contribution in [2.75, 3.05) is 0 Å². The standard InChI is InChI=1S/C24H24N2O4/c1-4-23(5-2)19-16(24(29,6-3)22(28)30-23)12-18-20-15(13-26(18)21(19)27)11-14-9-7-8-10-17(14)25-20/h7-12,29H,4-6,13H2,1-3H3/t24-/m0/s1. The number of aromatic nitrogens is 2. The molecule has 1 aromatic carbocycles. The van der Waals surface area contributed by atoms with Crippen LogP contribution in [-0.2, 0) is 27.3 Å². The number of ether oxygens (including phenoxy) is 1. The second-order valence-electron chi connectivity index (χ2n) is 8.20. The second-order valence-corrected chi connectivity index (χ2v) is 8.20. The van der Waals surface area contributed by atoms with Crippen molar-refractivity contribution in [3.05, 3.63) is 63.4 Å². The van der Waals surface area contributed by atoms with E-state index in [0.717, 1.165) is 22.2 Å². The summed E-state index contributed by atoms with van der Waals surface area (Å²) in [6.45, 7) is 5.94. The largest absolute Gasteiger partial charge is 0.452 e. The minimum absolute atomic E-state index is 0.128. The van der Waals surface area contributed by atoms with E-state index >= 15 is 0 Å². The van der Waals surface area contributed by atoms with Crippen molar-refractivity contribution in [3.8, 4) is 11.4 Å². The molecule has 2 aliphatic rings. The maximum absolute atomic E-state index is 13.7. The summed E-state index contributed by atoms with van der Waals surface area (Å²) >= 11 is 0. The van der Waals surface area contributed by atoms with E-state index in [1.54, 1.807) is 17.6 Å². The fourth-order valence-corrected chi connectivity index (χ4v) is 4.94. The van der Waals surface area contributed by atoms with Gasteiger partial charge in [-0.25, -0.2) is 9.78 Å². The Hall–Kier alpha value is -2.99. The summed E-state index contributed by atoms with van der Waals surface area (Å²) in [5.41, 5.74) is 0.855. The maximum Gasteiger partial charge on any atom is 0.343 e. The summed E-state index contributed by atoms with van der Waals surface area (Å²) in [7, 11) is 0. The van der Waals surface area contributed by atoms with E-state index in [0.29, 0.717) is 36.2 Å². The number of fused-ring (bicyclic) bond motifs is 5. The number of nitrogens with zero attached hydrogens (tertiary/aromatic N) is 2. The van der Waals surface area contributed by atoms with Crippen LogP contribution in [0.25, 0.3) is 22.3 Å². The second kappa shape index (κ2) is 6.25. The van der Waals surface area contributed by atoms with Crippen LogP contribution in [0.3, 0.4) is 0 Å².